The summed E-state index contributed by atoms with van der Waals surface area (Å²) in [5, 5.41) is 38.3. The molecule has 51 heavy (non-hydrogen) atoms. The second-order valence-electron chi connectivity index (χ2n) is 10.3. The van der Waals surface area contributed by atoms with Crippen LogP contribution in [0.15, 0.2) is 81.6 Å². The topological polar surface area (TPSA) is 229 Å². The maximum atomic E-state index is 12.6. The zero-order valence-corrected chi connectivity index (χ0v) is 28.4. The Morgan fingerprint density at radius 3 is 1.96 bits per heavy atom. The van der Waals surface area contributed by atoms with Crippen LogP contribution in [0, 0.1) is 0 Å². The molecule has 0 aliphatic heterocycles. The number of methoxy groups -OCH3 is 2. The lowest BCUT2D eigenvalue weighted by Crippen LogP contribution is -2.29. The van der Waals surface area contributed by atoms with E-state index in [4.69, 9.17) is 28.5 Å². The van der Waals surface area contributed by atoms with Gasteiger partial charge in [0.05, 0.1) is 31.9 Å². The number of carbonyl (C=O) groups is 4. The maximum Gasteiger partial charge on any atom is 0.303 e. The van der Waals surface area contributed by atoms with Gasteiger partial charge in [-0.25, -0.2) is 0 Å². The minimum atomic E-state index is -1.03. The molecule has 16 heteroatoms. The third kappa shape index (κ3) is 11.9. The average molecular weight is 703 g/mol. The van der Waals surface area contributed by atoms with E-state index < -0.39 is 23.9 Å². The Bertz CT molecular complexity index is 1890. The van der Waals surface area contributed by atoms with E-state index >= 15 is 0 Å². The highest BCUT2D eigenvalue weighted by Crippen LogP contribution is 2.31. The van der Waals surface area contributed by atoms with Crippen molar-refractivity contribution in [1.82, 2.24) is 31.0 Å². The molecule has 0 saturated carbocycles. The van der Waals surface area contributed by atoms with Gasteiger partial charge in [0.1, 0.15) is 23.8 Å². The van der Waals surface area contributed by atoms with Crippen molar-refractivity contribution in [3.05, 3.63) is 95.7 Å². The molecule has 0 bridgehead atoms. The standard InChI is InChI=1S/C21H19N3O6.C11H13N3O2.C3H6O2/c1-29-17-8-3-2-7-15(17)20-23-24-21(30-20)16(9-10-18(26)27)22-19(28)14-6-4-5-13(11-14)12-25;1-12-7-10-13-14-11(16-10)8-5-3-4-6-9(8)15-2;1-2-3(4)5/h2-8,11-12,16H,9-10H2,1H3,(H,22,28)(H,26,27);3-6,12H,7H2,1-2H3;2H2,1H3,(H,4,5). The summed E-state index contributed by atoms with van der Waals surface area (Å²) in [4.78, 5) is 44.0. The van der Waals surface area contributed by atoms with E-state index in [1.807, 2.05) is 31.3 Å². The summed E-state index contributed by atoms with van der Waals surface area (Å²) in [5.74, 6) is 0.271. The van der Waals surface area contributed by atoms with E-state index in [9.17, 15) is 19.2 Å². The molecule has 0 aliphatic carbocycles. The summed E-state index contributed by atoms with van der Waals surface area (Å²) in [7, 11) is 4.95. The second kappa shape index (κ2) is 20.2. The Hall–Kier alpha value is -6.42. The molecule has 2 heterocycles. The van der Waals surface area contributed by atoms with Gasteiger partial charge in [-0.3, -0.25) is 19.2 Å². The number of para-hydroxylation sites is 2. The Kier molecular flexibility index (Phi) is 15.4. The average Bonchev–Trinajstić information content (AvgIpc) is 3.84. The number of carboxylic acids is 2. The molecule has 0 aliphatic rings. The predicted molar refractivity (Wildman–Crippen MR) is 182 cm³/mol. The van der Waals surface area contributed by atoms with Crippen LogP contribution < -0.4 is 20.1 Å². The first kappa shape index (κ1) is 39.0. The van der Waals surface area contributed by atoms with Crippen molar-refractivity contribution in [2.75, 3.05) is 21.3 Å². The van der Waals surface area contributed by atoms with Crippen molar-refractivity contribution in [1.29, 1.82) is 0 Å². The number of aldehydes is 1. The fourth-order valence-corrected chi connectivity index (χ4v) is 4.23. The highest BCUT2D eigenvalue weighted by molar-refractivity contribution is 5.96. The third-order valence-electron chi connectivity index (χ3n) is 6.75. The number of carbonyl (C=O) groups excluding carboxylic acids is 2. The lowest BCUT2D eigenvalue weighted by atomic mass is 10.1. The molecular weight excluding hydrogens is 664 g/mol. The lowest BCUT2D eigenvalue weighted by molar-refractivity contribution is -0.138. The first-order valence-electron chi connectivity index (χ1n) is 15.5. The summed E-state index contributed by atoms with van der Waals surface area (Å²) in [6, 6.07) is 19.9. The summed E-state index contributed by atoms with van der Waals surface area (Å²) < 4.78 is 21.7. The molecule has 0 spiro atoms. The first-order valence-corrected chi connectivity index (χ1v) is 15.5. The molecule has 3 aromatic carbocycles. The quantitative estimate of drug-likeness (QED) is 0.113. The van der Waals surface area contributed by atoms with Crippen molar-refractivity contribution in [3.63, 3.8) is 0 Å². The molecule has 16 nitrogen and oxygen atoms in total. The van der Waals surface area contributed by atoms with E-state index in [-0.39, 0.29) is 36.6 Å². The number of ether oxygens (including phenoxy) is 2. The van der Waals surface area contributed by atoms with Crippen LogP contribution in [0.1, 0.15) is 64.7 Å². The largest absolute Gasteiger partial charge is 0.496 e. The van der Waals surface area contributed by atoms with Gasteiger partial charge in [-0.2, -0.15) is 0 Å². The monoisotopic (exact) mass is 702 g/mol. The van der Waals surface area contributed by atoms with Crippen LogP contribution in [0.4, 0.5) is 0 Å². The summed E-state index contributed by atoms with van der Waals surface area (Å²) in [6.07, 6.45) is 0.684. The smallest absolute Gasteiger partial charge is 0.303 e. The number of aliphatic carboxylic acids is 2. The fraction of sp³-hybridized carbons (Fsp3) is 0.257. The molecule has 4 N–H and O–H groups in total. The zero-order chi connectivity index (χ0) is 37.2. The number of hydrogen-bond donors (Lipinski definition) is 4. The minimum absolute atomic E-state index is 0.0437. The van der Waals surface area contributed by atoms with Crippen molar-refractivity contribution in [3.8, 4) is 34.4 Å². The molecule has 268 valence electrons. The number of rotatable bonds is 14. The molecule has 5 aromatic rings. The number of amides is 1. The number of benzene rings is 3. The lowest BCUT2D eigenvalue weighted by Gasteiger charge is -2.14. The van der Waals surface area contributed by atoms with Crippen LogP contribution >= 0.6 is 0 Å². The number of nitrogens with one attached hydrogen (secondary N) is 2. The molecule has 0 radical (unpaired) electrons. The fourth-order valence-electron chi connectivity index (χ4n) is 4.23. The minimum Gasteiger partial charge on any atom is -0.496 e. The van der Waals surface area contributed by atoms with Gasteiger partial charge < -0.3 is 39.2 Å². The molecule has 1 unspecified atom stereocenters. The number of nitrogens with zero attached hydrogens (tertiary/aromatic N) is 4. The highest BCUT2D eigenvalue weighted by Gasteiger charge is 2.24. The van der Waals surface area contributed by atoms with Gasteiger partial charge in [0.25, 0.3) is 17.7 Å². The SMILES string of the molecule is CCC(=O)O.CNCc1nnc(-c2ccccc2OC)o1.COc1ccccc1-c1nnc(C(CCC(=O)O)NC(=O)c2cccc(C=O)c2)o1. The molecule has 0 saturated heterocycles. The van der Waals surface area contributed by atoms with Crippen molar-refractivity contribution >= 4 is 24.1 Å². The molecule has 1 amide bonds. The number of carboxylic acid groups (broad SMARTS) is 2. The van der Waals surface area contributed by atoms with Crippen LogP contribution in [-0.4, -0.2) is 76.0 Å². The Morgan fingerprint density at radius 1 is 0.824 bits per heavy atom. The summed E-state index contributed by atoms with van der Waals surface area (Å²) in [6.45, 7) is 2.16. The van der Waals surface area contributed by atoms with Gasteiger partial charge in [-0.05, 0) is 49.9 Å². The van der Waals surface area contributed by atoms with E-state index in [1.54, 1.807) is 56.5 Å². The Morgan fingerprint density at radius 2 is 1.41 bits per heavy atom. The molecule has 1 atom stereocenters. The van der Waals surface area contributed by atoms with E-state index in [0.717, 1.165) is 11.3 Å². The van der Waals surface area contributed by atoms with Crippen molar-refractivity contribution in [2.45, 2.75) is 38.8 Å². The van der Waals surface area contributed by atoms with Crippen LogP contribution in [0.3, 0.4) is 0 Å². The molecular formula is C35H38N6O10. The van der Waals surface area contributed by atoms with Gasteiger partial charge in [-0.15, -0.1) is 20.4 Å². The van der Waals surface area contributed by atoms with Gasteiger partial charge in [0.2, 0.25) is 11.8 Å². The van der Waals surface area contributed by atoms with Crippen LogP contribution in [-0.2, 0) is 16.1 Å². The van der Waals surface area contributed by atoms with Crippen molar-refractivity contribution < 1.29 is 47.7 Å². The van der Waals surface area contributed by atoms with Crippen LogP contribution in [0.2, 0.25) is 0 Å². The van der Waals surface area contributed by atoms with Gasteiger partial charge in [0.15, 0.2) is 0 Å². The van der Waals surface area contributed by atoms with E-state index in [0.29, 0.717) is 41.5 Å². The van der Waals surface area contributed by atoms with Crippen molar-refractivity contribution in [2.24, 2.45) is 0 Å². The third-order valence-corrected chi connectivity index (χ3v) is 6.75. The normalized spacial score (nSPS) is 10.7. The highest BCUT2D eigenvalue weighted by atomic mass is 16.5. The summed E-state index contributed by atoms with van der Waals surface area (Å²) >= 11 is 0. The van der Waals surface area contributed by atoms with Gasteiger partial charge in [-0.1, -0.05) is 43.3 Å². The Balaban J connectivity index is 0.000000278. The number of hydrogen-bond acceptors (Lipinski definition) is 13. The van der Waals surface area contributed by atoms with Gasteiger partial charge >= 0.3 is 11.9 Å². The zero-order valence-electron chi connectivity index (χ0n) is 28.4. The molecule has 2 aromatic heterocycles. The first-order chi connectivity index (χ1) is 24.6. The van der Waals surface area contributed by atoms with E-state index in [2.05, 4.69) is 31.0 Å². The second-order valence-corrected chi connectivity index (χ2v) is 10.3. The van der Waals surface area contributed by atoms with Crippen LogP contribution in [0.5, 0.6) is 11.5 Å². The van der Waals surface area contributed by atoms with Gasteiger partial charge in [0, 0.05) is 24.0 Å². The molecule has 5 rings (SSSR count). The maximum absolute atomic E-state index is 12.6. The van der Waals surface area contributed by atoms with Crippen LogP contribution in [0.25, 0.3) is 22.9 Å². The molecule has 0 fully saturated rings. The van der Waals surface area contributed by atoms with E-state index in [1.165, 1.54) is 13.2 Å². The summed E-state index contributed by atoms with van der Waals surface area (Å²) in [5.41, 5.74) is 1.98. The Labute approximate surface area is 292 Å². The number of aromatic nitrogens is 4. The predicted octanol–water partition coefficient (Wildman–Crippen LogP) is 4.84.